The van der Waals surface area contributed by atoms with Gasteiger partial charge in [-0.2, -0.15) is 4.68 Å². The lowest BCUT2D eigenvalue weighted by molar-refractivity contribution is -0.143. The zero-order valence-electron chi connectivity index (χ0n) is 38.6. The molecular weight excluding hydrogens is 923 g/mol. The first kappa shape index (κ1) is 47.0. The number of nitrogens with one attached hydrogen (secondary N) is 3. The number of aromatic nitrogens is 4. The van der Waals surface area contributed by atoms with Gasteiger partial charge in [-0.05, 0) is 105 Å². The molecule has 0 radical (unpaired) electrons. The SMILES string of the molecule is O=C1CCC(N2C(=O)c3ccc(N4CCN(CC5CCN(C(=O)COCC(=O)N6CCC(c7[nH]n(-c8nc9ccc(Cl)cc9[nH]8)c(=O)c7CCc7ccc(F)cc7)CC6)CC5)CC4)cc3C2=O)C(=O)N1. The first-order valence-electron chi connectivity index (χ1n) is 24.1. The van der Waals surface area contributed by atoms with Crippen LogP contribution in [-0.4, -0.2) is 153 Å². The molecule has 0 spiro atoms. The van der Waals surface area contributed by atoms with Crippen LogP contribution < -0.4 is 15.8 Å². The van der Waals surface area contributed by atoms with E-state index in [2.05, 4.69) is 30.2 Å². The molecule has 0 bridgehead atoms. The first-order chi connectivity index (χ1) is 33.9. The molecule has 366 valence electrons. The second-order valence-corrected chi connectivity index (χ2v) is 19.4. The Morgan fingerprint density at radius 3 is 2.14 bits per heavy atom. The fourth-order valence-electron chi connectivity index (χ4n) is 10.6. The summed E-state index contributed by atoms with van der Waals surface area (Å²) < 4.78 is 20.8. The van der Waals surface area contributed by atoms with Gasteiger partial charge < -0.3 is 24.4 Å². The molecule has 0 saturated carbocycles. The second kappa shape index (κ2) is 20.0. The highest BCUT2D eigenvalue weighted by atomic mass is 35.5. The normalized spacial score (nSPS) is 19.7. The van der Waals surface area contributed by atoms with Crippen molar-refractivity contribution in [3.05, 3.63) is 110 Å². The number of piperazine rings is 1. The van der Waals surface area contributed by atoms with E-state index in [-0.39, 0.29) is 66.3 Å². The Hall–Kier alpha value is -6.70. The maximum absolute atomic E-state index is 14.0. The number of carbonyl (C=O) groups is 6. The van der Waals surface area contributed by atoms with Gasteiger partial charge in [-0.25, -0.2) is 9.37 Å². The quantitative estimate of drug-likeness (QED) is 0.145. The molecular formula is C50H54ClFN10O8. The summed E-state index contributed by atoms with van der Waals surface area (Å²) in [6.07, 6.45) is 4.10. The number of fused-ring (bicyclic) bond motifs is 2. The molecule has 3 aromatic carbocycles. The Balaban J connectivity index is 0.658. The van der Waals surface area contributed by atoms with E-state index < -0.39 is 29.7 Å². The lowest BCUT2D eigenvalue weighted by Gasteiger charge is -2.39. The Kier molecular flexibility index (Phi) is 13.4. The zero-order valence-corrected chi connectivity index (χ0v) is 39.3. The minimum Gasteiger partial charge on any atom is -0.369 e. The molecule has 1 unspecified atom stereocenters. The van der Waals surface area contributed by atoms with Gasteiger partial charge in [-0.15, -0.1) is 0 Å². The number of hydrogen-bond donors (Lipinski definition) is 3. The Bertz CT molecular complexity index is 2910. The molecule has 7 heterocycles. The van der Waals surface area contributed by atoms with Gasteiger partial charge in [0, 0.05) is 93.2 Å². The summed E-state index contributed by atoms with van der Waals surface area (Å²) in [6.45, 7) is 5.79. The highest BCUT2D eigenvalue weighted by molar-refractivity contribution is 6.31. The van der Waals surface area contributed by atoms with Gasteiger partial charge in [0.1, 0.15) is 25.1 Å². The van der Waals surface area contributed by atoms with Crippen molar-refractivity contribution in [3.8, 4) is 5.95 Å². The molecule has 70 heavy (non-hydrogen) atoms. The van der Waals surface area contributed by atoms with E-state index in [4.69, 9.17) is 16.3 Å². The van der Waals surface area contributed by atoms with Crippen molar-refractivity contribution in [2.45, 2.75) is 63.3 Å². The first-order valence-corrected chi connectivity index (χ1v) is 24.4. The number of likely N-dealkylation sites (tertiary alicyclic amines) is 2. The summed E-state index contributed by atoms with van der Waals surface area (Å²) in [7, 11) is 0. The van der Waals surface area contributed by atoms with Crippen LogP contribution in [0.3, 0.4) is 0 Å². The molecule has 1 atom stereocenters. The van der Waals surface area contributed by atoms with Crippen LogP contribution in [0.5, 0.6) is 0 Å². The minimum absolute atomic E-state index is 0.0319. The van der Waals surface area contributed by atoms with Crippen molar-refractivity contribution in [2.75, 3.05) is 77.0 Å². The van der Waals surface area contributed by atoms with Crippen molar-refractivity contribution in [1.29, 1.82) is 0 Å². The summed E-state index contributed by atoms with van der Waals surface area (Å²) >= 11 is 6.21. The molecule has 3 N–H and O–H groups in total. The predicted octanol–water partition coefficient (Wildman–Crippen LogP) is 3.80. The van der Waals surface area contributed by atoms with E-state index in [0.717, 1.165) is 67.4 Å². The fraction of sp³-hybridized carbons (Fsp3) is 0.440. The van der Waals surface area contributed by atoms with E-state index >= 15 is 0 Å². The zero-order chi connectivity index (χ0) is 48.6. The average Bonchev–Trinajstić information content (AvgIpc) is 4.01. The number of H-pyrrole nitrogens is 2. The van der Waals surface area contributed by atoms with Crippen molar-refractivity contribution >= 4 is 63.8 Å². The number of amides is 6. The number of piperidine rings is 3. The Morgan fingerprint density at radius 1 is 0.757 bits per heavy atom. The highest BCUT2D eigenvalue weighted by Gasteiger charge is 2.45. The van der Waals surface area contributed by atoms with Gasteiger partial charge in [0.05, 0.1) is 22.2 Å². The van der Waals surface area contributed by atoms with Gasteiger partial charge in [0.25, 0.3) is 17.4 Å². The maximum Gasteiger partial charge on any atom is 0.277 e. The number of carbonyl (C=O) groups excluding carboxylic acids is 6. The van der Waals surface area contributed by atoms with Crippen LogP contribution >= 0.6 is 11.6 Å². The molecule has 6 amide bonds. The third-order valence-corrected chi connectivity index (χ3v) is 14.8. The number of benzene rings is 3. The second-order valence-electron chi connectivity index (χ2n) is 18.9. The standard InChI is InChI=1S/C50H54ClFN10O8/c51-33-4-10-39-40(25-33)54-50(53-39)62-49(69)37(8-3-30-1-5-34(52)6-2-30)45(56-62)32-15-19-60(20-16-32)44(65)29-70-28-43(64)59-17-13-31(14-18-59)27-57-21-23-58(24-22-57)35-7-9-36-38(26-35)48(68)61(47(36)67)41-11-12-42(63)55-46(41)66/h1-2,4-7,9-10,25-26,31-32,41,56H,3,8,11-24,27-29H2,(H,53,54)(H,55,63,66). The summed E-state index contributed by atoms with van der Waals surface area (Å²) in [5.41, 5.74) is 4.82. The minimum atomic E-state index is -1.00. The van der Waals surface area contributed by atoms with Crippen LogP contribution in [0, 0.1) is 11.7 Å². The van der Waals surface area contributed by atoms with E-state index in [1.165, 1.54) is 16.8 Å². The van der Waals surface area contributed by atoms with Crippen molar-refractivity contribution < 1.29 is 37.9 Å². The third kappa shape index (κ3) is 9.74. The molecule has 20 heteroatoms. The monoisotopic (exact) mass is 976 g/mol. The molecule has 4 fully saturated rings. The van der Waals surface area contributed by atoms with Crippen LogP contribution in [0.1, 0.15) is 82.0 Å². The molecule has 5 aromatic rings. The molecule has 5 aliphatic rings. The van der Waals surface area contributed by atoms with E-state index in [0.29, 0.717) is 85.3 Å². The molecule has 10 rings (SSSR count). The summed E-state index contributed by atoms with van der Waals surface area (Å²) in [4.78, 5) is 108. The molecule has 18 nitrogen and oxygen atoms in total. The number of rotatable bonds is 13. The molecule has 5 aliphatic heterocycles. The Labute approximate surface area is 407 Å². The summed E-state index contributed by atoms with van der Waals surface area (Å²) in [5, 5.41) is 6.11. The number of hydrogen-bond acceptors (Lipinski definition) is 11. The van der Waals surface area contributed by atoms with Crippen molar-refractivity contribution in [2.24, 2.45) is 5.92 Å². The van der Waals surface area contributed by atoms with E-state index in [1.807, 2.05) is 11.0 Å². The number of aromatic amines is 2. The maximum atomic E-state index is 14.0. The number of nitrogens with zero attached hydrogens (tertiary/aromatic N) is 7. The van der Waals surface area contributed by atoms with Crippen LogP contribution in [0.2, 0.25) is 5.02 Å². The topological polar surface area (TPSA) is 206 Å². The highest BCUT2D eigenvalue weighted by Crippen LogP contribution is 2.33. The number of anilines is 1. The van der Waals surface area contributed by atoms with Gasteiger partial charge in [-0.3, -0.25) is 53.8 Å². The molecule has 2 aromatic heterocycles. The van der Waals surface area contributed by atoms with Crippen molar-refractivity contribution in [1.82, 2.24) is 44.7 Å². The Morgan fingerprint density at radius 2 is 1.44 bits per heavy atom. The van der Waals surface area contributed by atoms with Gasteiger partial charge in [0.2, 0.25) is 29.6 Å². The van der Waals surface area contributed by atoms with Gasteiger partial charge in [-0.1, -0.05) is 23.7 Å². The van der Waals surface area contributed by atoms with Gasteiger partial charge in [0.15, 0.2) is 0 Å². The van der Waals surface area contributed by atoms with Gasteiger partial charge >= 0.3 is 0 Å². The summed E-state index contributed by atoms with van der Waals surface area (Å²) in [6, 6.07) is 15.8. The van der Waals surface area contributed by atoms with Crippen molar-refractivity contribution in [3.63, 3.8) is 0 Å². The number of imide groups is 2. The molecule has 4 saturated heterocycles. The number of imidazole rings is 1. The smallest absolute Gasteiger partial charge is 0.277 e. The van der Waals surface area contributed by atoms with E-state index in [9.17, 15) is 38.0 Å². The average molecular weight is 977 g/mol. The summed E-state index contributed by atoms with van der Waals surface area (Å²) in [5.74, 6) is -1.99. The number of ether oxygens (including phenoxy) is 1. The molecule has 0 aliphatic carbocycles. The lowest BCUT2D eigenvalue weighted by atomic mass is 9.90. The van der Waals surface area contributed by atoms with E-state index in [1.54, 1.807) is 47.4 Å². The number of halogens is 2. The van der Waals surface area contributed by atoms with Crippen LogP contribution in [0.15, 0.2) is 65.5 Å². The van der Waals surface area contributed by atoms with Crippen LogP contribution in [0.4, 0.5) is 10.1 Å². The predicted molar refractivity (Wildman–Crippen MR) is 255 cm³/mol. The number of aryl methyl sites for hydroxylation is 1. The fourth-order valence-corrected chi connectivity index (χ4v) is 10.8. The lowest BCUT2D eigenvalue weighted by Crippen LogP contribution is -2.54. The largest absolute Gasteiger partial charge is 0.369 e. The third-order valence-electron chi connectivity index (χ3n) is 14.6. The van der Waals surface area contributed by atoms with Crippen LogP contribution in [-0.2, 0) is 36.8 Å². The van der Waals surface area contributed by atoms with Crippen LogP contribution in [0.25, 0.3) is 17.0 Å².